The summed E-state index contributed by atoms with van der Waals surface area (Å²) >= 11 is 0. The number of carbonyl (C=O) groups is 3. The van der Waals surface area contributed by atoms with Crippen molar-refractivity contribution in [3.63, 3.8) is 0 Å². The third-order valence-electron chi connectivity index (χ3n) is 4.38. The van der Waals surface area contributed by atoms with Gasteiger partial charge in [-0.25, -0.2) is 6.54 Å². The largest absolute Gasteiger partial charge is 0.507 e. The summed E-state index contributed by atoms with van der Waals surface area (Å²) in [5.74, 6) is -0.751. The SMILES string of the molecule is [B]N[CH-]C(=O)N1[CH-][C@H](C)C[C@H]1C(=O)N[C@]1(C(C)=O)C[C@H]1C=C.[U].[V].[W]. The van der Waals surface area contributed by atoms with Gasteiger partial charge in [0.1, 0.15) is 13.5 Å². The molecule has 25 heavy (non-hydrogen) atoms. The fourth-order valence-electron chi connectivity index (χ4n) is 3.02. The summed E-state index contributed by atoms with van der Waals surface area (Å²) in [6.45, 7) is 9.87. The van der Waals surface area contributed by atoms with Gasteiger partial charge in [0.15, 0.2) is 5.78 Å². The van der Waals surface area contributed by atoms with Gasteiger partial charge in [0.05, 0.1) is 11.9 Å². The molecule has 1 heterocycles. The second-order valence-electron chi connectivity index (χ2n) is 6.00. The van der Waals surface area contributed by atoms with Crippen molar-refractivity contribution in [3.8, 4) is 0 Å². The van der Waals surface area contributed by atoms with Crippen LogP contribution in [0.2, 0.25) is 0 Å². The van der Waals surface area contributed by atoms with Crippen LogP contribution < -0.4 is 10.5 Å². The van der Waals surface area contributed by atoms with E-state index in [1.165, 1.54) is 11.8 Å². The van der Waals surface area contributed by atoms with E-state index in [9.17, 15) is 14.4 Å². The Morgan fingerprint density at radius 3 is 2.48 bits per heavy atom. The summed E-state index contributed by atoms with van der Waals surface area (Å²) in [5.41, 5.74) is -0.852. The Morgan fingerprint density at radius 2 is 2.04 bits per heavy atom. The van der Waals surface area contributed by atoms with Crippen molar-refractivity contribution >= 4 is 25.6 Å². The third-order valence-corrected chi connectivity index (χ3v) is 4.38. The molecule has 2 aliphatic rings. The summed E-state index contributed by atoms with van der Waals surface area (Å²) in [5, 5.41) is 5.00. The van der Waals surface area contributed by atoms with Crippen LogP contribution in [0.5, 0.6) is 0 Å². The third kappa shape index (κ3) is 6.03. The number of nitrogens with zero attached hydrogens (tertiary/aromatic N) is 1. The van der Waals surface area contributed by atoms with Crippen LogP contribution in [0.25, 0.3) is 0 Å². The van der Waals surface area contributed by atoms with E-state index in [1.54, 1.807) is 12.6 Å². The van der Waals surface area contributed by atoms with Gasteiger partial charge in [0.2, 0.25) is 5.91 Å². The predicted octanol–water partition coefficient (Wildman–Crippen LogP) is -0.135. The first-order chi connectivity index (χ1) is 10.4. The second kappa shape index (κ2) is 11.4. The maximum absolute atomic E-state index is 12.6. The first kappa shape index (κ1) is 27.8. The number of nitrogens with one attached hydrogen (secondary N) is 2. The number of ketones is 1. The van der Waals surface area contributed by atoms with Gasteiger partial charge < -0.3 is 20.2 Å². The summed E-state index contributed by atoms with van der Waals surface area (Å²) in [4.78, 5) is 37.7. The number of carbonyl (C=O) groups excluding carboxylic acids is 3. The zero-order valence-corrected chi connectivity index (χ0v) is 22.7. The molecule has 0 bridgehead atoms. The topological polar surface area (TPSA) is 78.5 Å². The maximum Gasteiger partial charge on any atom is 0.240 e. The van der Waals surface area contributed by atoms with Crippen LogP contribution in [0.1, 0.15) is 26.7 Å². The quantitative estimate of drug-likeness (QED) is 0.224. The minimum atomic E-state index is -0.852. The number of hydrogen-bond acceptors (Lipinski definition) is 4. The number of Topliss-reactive ketones (excluding diaryl/α,β-unsaturated/α-hetero) is 1. The molecule has 0 aromatic rings. The molecule has 0 unspecified atom stereocenters. The minimum Gasteiger partial charge on any atom is -0.507 e. The number of likely N-dealkylation sites (tertiary alicyclic amines) is 1. The standard InChI is InChI=1S/C15H20BN3O3.U.V.W/c1-4-11-6-15(11,10(3)20)18-14(22)12-5-9(2)8-19(12)13(21)7-17-16;;;/h4,7-9,11-12,17H,1,5-6H2,2-3H3,(H,18,22);;;/q-2;;;/t9-,11-,12+,15+;;;/m1.../s1. The molecule has 1 aliphatic heterocycles. The van der Waals surface area contributed by atoms with Crippen LogP contribution in [0.15, 0.2) is 12.7 Å². The molecule has 2 fully saturated rings. The van der Waals surface area contributed by atoms with Gasteiger partial charge >= 0.3 is 0 Å². The number of rotatable bonds is 6. The van der Waals surface area contributed by atoms with E-state index in [4.69, 9.17) is 7.98 Å². The van der Waals surface area contributed by atoms with Gasteiger partial charge in [-0.15, -0.1) is 6.58 Å². The Kier molecular flexibility index (Phi) is 12.7. The molecular weight excluding hydrogens is 754 g/mol. The fourth-order valence-corrected chi connectivity index (χ4v) is 3.02. The van der Waals surface area contributed by atoms with Crippen molar-refractivity contribution in [1.82, 2.24) is 15.4 Å². The molecular formula is C15H20BN3O3UVW-2. The molecule has 133 valence electrons. The van der Waals surface area contributed by atoms with Crippen LogP contribution in [0.3, 0.4) is 0 Å². The Hall–Kier alpha value is 0.570. The fraction of sp³-hybridized carbons (Fsp3) is 0.533. The summed E-state index contributed by atoms with van der Waals surface area (Å²) in [6.07, 6.45) is 2.76. The van der Waals surface area contributed by atoms with Gasteiger partial charge in [-0.2, -0.15) is 5.92 Å². The minimum absolute atomic E-state index is 0. The molecule has 0 spiro atoms. The smallest absolute Gasteiger partial charge is 0.240 e. The zero-order valence-electron chi connectivity index (χ0n) is 14.2. The van der Waals surface area contributed by atoms with Crippen LogP contribution >= 0.6 is 0 Å². The van der Waals surface area contributed by atoms with E-state index in [0.717, 1.165) is 6.54 Å². The number of amides is 2. The molecule has 2 amide bonds. The van der Waals surface area contributed by atoms with Crippen LogP contribution in [-0.4, -0.2) is 42.1 Å². The molecule has 2 N–H and O–H groups in total. The number of hydrogen-bond donors (Lipinski definition) is 2. The van der Waals surface area contributed by atoms with Crippen molar-refractivity contribution < 1.29 is 85.1 Å². The van der Waals surface area contributed by atoms with Crippen molar-refractivity contribution in [1.29, 1.82) is 0 Å². The van der Waals surface area contributed by atoms with Gasteiger partial charge in [-0.05, 0) is 19.8 Å². The summed E-state index contributed by atoms with van der Waals surface area (Å²) in [6, 6.07) is -0.630. The molecule has 1 saturated carbocycles. The van der Waals surface area contributed by atoms with Crippen molar-refractivity contribution in [2.24, 2.45) is 11.8 Å². The molecule has 0 aromatic heterocycles. The average Bonchev–Trinajstić information content (AvgIpc) is 3.03. The van der Waals surface area contributed by atoms with E-state index in [2.05, 4.69) is 17.1 Å². The van der Waals surface area contributed by atoms with Crippen LogP contribution in [0.4, 0.5) is 0 Å². The van der Waals surface area contributed by atoms with Gasteiger partial charge in [-0.1, -0.05) is 13.0 Å². The molecule has 3 radical (unpaired) electrons. The Morgan fingerprint density at radius 1 is 1.44 bits per heavy atom. The van der Waals surface area contributed by atoms with Crippen LogP contribution in [0, 0.1) is 56.0 Å². The zero-order chi connectivity index (χ0) is 16.5. The molecule has 10 heteroatoms. The van der Waals surface area contributed by atoms with Crippen LogP contribution in [-0.2, 0) is 54.0 Å². The van der Waals surface area contributed by atoms with E-state index in [-0.39, 0.29) is 100 Å². The second-order valence-corrected chi connectivity index (χ2v) is 6.00. The average molecular weight is 774 g/mol. The molecule has 4 atom stereocenters. The first-order valence-electron chi connectivity index (χ1n) is 7.28. The Balaban J connectivity index is 0. The van der Waals surface area contributed by atoms with Gasteiger partial charge in [-0.3, -0.25) is 16.1 Å². The normalized spacial score (nSPS) is 29.2. The van der Waals surface area contributed by atoms with E-state index < -0.39 is 11.6 Å². The first-order valence-corrected chi connectivity index (χ1v) is 7.28. The van der Waals surface area contributed by atoms with Gasteiger partial charge in [0, 0.05) is 76.7 Å². The summed E-state index contributed by atoms with van der Waals surface area (Å²) < 4.78 is 0. The van der Waals surface area contributed by atoms with Crippen molar-refractivity contribution in [2.45, 2.75) is 38.3 Å². The maximum atomic E-state index is 12.6. The van der Waals surface area contributed by atoms with Crippen molar-refractivity contribution in [2.75, 3.05) is 0 Å². The predicted molar refractivity (Wildman–Crippen MR) is 81.8 cm³/mol. The molecule has 0 aromatic carbocycles. The van der Waals surface area contributed by atoms with E-state index in [1.807, 2.05) is 6.92 Å². The summed E-state index contributed by atoms with van der Waals surface area (Å²) in [7, 11) is 5.12. The molecule has 1 saturated heterocycles. The van der Waals surface area contributed by atoms with Crippen molar-refractivity contribution in [3.05, 3.63) is 25.7 Å². The Bertz CT molecular complexity index is 528. The van der Waals surface area contributed by atoms with E-state index in [0.29, 0.717) is 12.8 Å². The Labute approximate surface area is 200 Å². The molecule has 2 rings (SSSR count). The molecule has 6 nitrogen and oxygen atoms in total. The monoisotopic (exact) mass is 774 g/mol. The molecule has 1 aliphatic carbocycles. The van der Waals surface area contributed by atoms with E-state index >= 15 is 0 Å². The van der Waals surface area contributed by atoms with Gasteiger partial charge in [0.25, 0.3) is 0 Å².